The zero-order chi connectivity index (χ0) is 11.4. The quantitative estimate of drug-likeness (QED) is 0.866. The minimum atomic E-state index is 0.169. The standard InChI is InChI=1S/C12H17N3S/c1-2-3-11(13)10-4-6-15(8-10)9-12-14-5-7-16-12/h4-8,11H,2-3,9,13H2,1H3. The van der Waals surface area contributed by atoms with E-state index in [0.717, 1.165) is 24.4 Å². The second-order valence-electron chi connectivity index (χ2n) is 3.94. The van der Waals surface area contributed by atoms with E-state index in [1.807, 2.05) is 11.6 Å². The predicted molar refractivity (Wildman–Crippen MR) is 67.5 cm³/mol. The summed E-state index contributed by atoms with van der Waals surface area (Å²) in [5, 5.41) is 3.13. The molecule has 2 aromatic heterocycles. The topological polar surface area (TPSA) is 43.8 Å². The maximum Gasteiger partial charge on any atom is 0.112 e. The first-order valence-corrected chi connectivity index (χ1v) is 6.47. The maximum atomic E-state index is 6.07. The fourth-order valence-electron chi connectivity index (χ4n) is 1.74. The third-order valence-electron chi connectivity index (χ3n) is 2.60. The van der Waals surface area contributed by atoms with Crippen molar-refractivity contribution in [3.8, 4) is 0 Å². The molecule has 16 heavy (non-hydrogen) atoms. The third kappa shape index (κ3) is 2.71. The highest BCUT2D eigenvalue weighted by Crippen LogP contribution is 2.17. The van der Waals surface area contributed by atoms with Gasteiger partial charge in [-0.1, -0.05) is 13.3 Å². The summed E-state index contributed by atoms with van der Waals surface area (Å²) >= 11 is 1.68. The van der Waals surface area contributed by atoms with E-state index in [1.165, 1.54) is 5.56 Å². The van der Waals surface area contributed by atoms with Crippen LogP contribution >= 0.6 is 11.3 Å². The summed E-state index contributed by atoms with van der Waals surface area (Å²) in [6.07, 6.45) is 8.21. The number of aromatic nitrogens is 2. The Morgan fingerprint density at radius 2 is 2.44 bits per heavy atom. The SMILES string of the molecule is CCCC(N)c1ccn(Cc2nccs2)c1. The molecule has 2 heterocycles. The number of hydrogen-bond acceptors (Lipinski definition) is 3. The molecular weight excluding hydrogens is 218 g/mol. The van der Waals surface area contributed by atoms with Crippen molar-refractivity contribution in [1.82, 2.24) is 9.55 Å². The van der Waals surface area contributed by atoms with Crippen LogP contribution in [0.25, 0.3) is 0 Å². The Kier molecular flexibility index (Phi) is 3.74. The first-order chi connectivity index (χ1) is 7.79. The van der Waals surface area contributed by atoms with Gasteiger partial charge < -0.3 is 10.3 Å². The fraction of sp³-hybridized carbons (Fsp3) is 0.417. The molecule has 1 unspecified atom stereocenters. The molecule has 0 bridgehead atoms. The summed E-state index contributed by atoms with van der Waals surface area (Å²) in [6.45, 7) is 3.00. The van der Waals surface area contributed by atoms with Crippen molar-refractivity contribution >= 4 is 11.3 Å². The average molecular weight is 235 g/mol. The zero-order valence-corrected chi connectivity index (χ0v) is 10.3. The van der Waals surface area contributed by atoms with Crippen LogP contribution in [0, 0.1) is 0 Å². The highest BCUT2D eigenvalue weighted by Gasteiger charge is 2.06. The Morgan fingerprint density at radius 1 is 1.56 bits per heavy atom. The molecule has 1 atom stereocenters. The van der Waals surface area contributed by atoms with E-state index < -0.39 is 0 Å². The summed E-state index contributed by atoms with van der Waals surface area (Å²) in [5.74, 6) is 0. The van der Waals surface area contributed by atoms with E-state index >= 15 is 0 Å². The molecule has 0 saturated heterocycles. The first-order valence-electron chi connectivity index (χ1n) is 5.59. The van der Waals surface area contributed by atoms with Gasteiger partial charge in [0.1, 0.15) is 5.01 Å². The Balaban J connectivity index is 2.02. The van der Waals surface area contributed by atoms with Crippen molar-refractivity contribution in [2.24, 2.45) is 5.73 Å². The molecule has 3 nitrogen and oxygen atoms in total. The normalized spacial score (nSPS) is 12.9. The van der Waals surface area contributed by atoms with E-state index in [2.05, 4.69) is 34.9 Å². The van der Waals surface area contributed by atoms with Crippen molar-refractivity contribution in [2.75, 3.05) is 0 Å². The van der Waals surface area contributed by atoms with Crippen molar-refractivity contribution in [2.45, 2.75) is 32.4 Å². The van der Waals surface area contributed by atoms with Crippen LogP contribution in [0.1, 0.15) is 36.4 Å². The molecule has 0 aliphatic heterocycles. The van der Waals surface area contributed by atoms with Crippen molar-refractivity contribution < 1.29 is 0 Å². The average Bonchev–Trinajstić information content (AvgIpc) is 2.90. The molecule has 0 aromatic carbocycles. The highest BCUT2D eigenvalue weighted by atomic mass is 32.1. The highest BCUT2D eigenvalue weighted by molar-refractivity contribution is 7.09. The lowest BCUT2D eigenvalue weighted by atomic mass is 10.1. The van der Waals surface area contributed by atoms with Crippen LogP contribution in [0.15, 0.2) is 30.0 Å². The molecule has 0 spiro atoms. The van der Waals surface area contributed by atoms with Gasteiger partial charge in [0.15, 0.2) is 0 Å². The number of hydrogen-bond donors (Lipinski definition) is 1. The first kappa shape index (κ1) is 11.4. The predicted octanol–water partition coefficient (Wildman–Crippen LogP) is 2.79. The van der Waals surface area contributed by atoms with Gasteiger partial charge >= 0.3 is 0 Å². The van der Waals surface area contributed by atoms with Crippen molar-refractivity contribution in [1.29, 1.82) is 0 Å². The monoisotopic (exact) mass is 235 g/mol. The van der Waals surface area contributed by atoms with Crippen molar-refractivity contribution in [3.05, 3.63) is 40.6 Å². The number of thiazole rings is 1. The van der Waals surface area contributed by atoms with Crippen LogP contribution in [0.3, 0.4) is 0 Å². The van der Waals surface area contributed by atoms with Gasteiger partial charge in [-0.2, -0.15) is 0 Å². The largest absolute Gasteiger partial charge is 0.347 e. The lowest BCUT2D eigenvalue weighted by molar-refractivity contribution is 0.636. The molecule has 86 valence electrons. The number of rotatable bonds is 5. The van der Waals surface area contributed by atoms with Gasteiger partial charge in [-0.25, -0.2) is 4.98 Å². The molecule has 2 N–H and O–H groups in total. The maximum absolute atomic E-state index is 6.07. The molecule has 0 aliphatic carbocycles. The summed E-state index contributed by atoms with van der Waals surface area (Å²) in [5.41, 5.74) is 7.29. The molecule has 0 radical (unpaired) electrons. The molecular formula is C12H17N3S. The molecule has 2 rings (SSSR count). The van der Waals surface area contributed by atoms with Crippen LogP contribution in [-0.2, 0) is 6.54 Å². The number of nitrogens with two attached hydrogens (primary N) is 1. The van der Waals surface area contributed by atoms with E-state index in [1.54, 1.807) is 11.3 Å². The summed E-state index contributed by atoms with van der Waals surface area (Å²) in [4.78, 5) is 4.27. The Labute approximate surface area is 99.9 Å². The second-order valence-corrected chi connectivity index (χ2v) is 4.92. The van der Waals surface area contributed by atoms with Crippen LogP contribution in [-0.4, -0.2) is 9.55 Å². The molecule has 2 aromatic rings. The third-order valence-corrected chi connectivity index (χ3v) is 3.37. The lowest BCUT2D eigenvalue weighted by Gasteiger charge is -2.07. The van der Waals surface area contributed by atoms with Gasteiger partial charge in [-0.15, -0.1) is 11.3 Å². The molecule has 0 amide bonds. The lowest BCUT2D eigenvalue weighted by Crippen LogP contribution is -2.08. The Hall–Kier alpha value is -1.13. The van der Waals surface area contributed by atoms with Crippen LogP contribution in [0.4, 0.5) is 0 Å². The van der Waals surface area contributed by atoms with Gasteiger partial charge in [-0.3, -0.25) is 0 Å². The molecule has 0 aliphatic rings. The Morgan fingerprint density at radius 3 is 3.12 bits per heavy atom. The zero-order valence-electron chi connectivity index (χ0n) is 9.47. The fourth-order valence-corrected chi connectivity index (χ4v) is 2.37. The van der Waals surface area contributed by atoms with E-state index in [9.17, 15) is 0 Å². The summed E-state index contributed by atoms with van der Waals surface area (Å²) in [7, 11) is 0. The number of nitrogens with zero attached hydrogens (tertiary/aromatic N) is 2. The minimum Gasteiger partial charge on any atom is -0.347 e. The van der Waals surface area contributed by atoms with Gasteiger partial charge in [-0.05, 0) is 18.1 Å². The van der Waals surface area contributed by atoms with Gasteiger partial charge in [0.2, 0.25) is 0 Å². The minimum absolute atomic E-state index is 0.169. The Bertz CT molecular complexity index is 419. The van der Waals surface area contributed by atoms with E-state index in [-0.39, 0.29) is 6.04 Å². The summed E-state index contributed by atoms with van der Waals surface area (Å²) in [6, 6.07) is 2.27. The van der Waals surface area contributed by atoms with Crippen LogP contribution in [0.5, 0.6) is 0 Å². The smallest absolute Gasteiger partial charge is 0.112 e. The summed E-state index contributed by atoms with van der Waals surface area (Å²) < 4.78 is 2.14. The van der Waals surface area contributed by atoms with E-state index in [0.29, 0.717) is 0 Å². The van der Waals surface area contributed by atoms with Gasteiger partial charge in [0.25, 0.3) is 0 Å². The van der Waals surface area contributed by atoms with Crippen LogP contribution in [0.2, 0.25) is 0 Å². The van der Waals surface area contributed by atoms with Crippen LogP contribution < -0.4 is 5.73 Å². The van der Waals surface area contributed by atoms with Gasteiger partial charge in [0, 0.05) is 30.0 Å². The molecule has 4 heteroatoms. The van der Waals surface area contributed by atoms with Gasteiger partial charge in [0.05, 0.1) is 6.54 Å². The molecule has 0 saturated carbocycles. The van der Waals surface area contributed by atoms with Crippen molar-refractivity contribution in [3.63, 3.8) is 0 Å². The second kappa shape index (κ2) is 5.27. The van der Waals surface area contributed by atoms with E-state index in [4.69, 9.17) is 5.73 Å². The molecule has 0 fully saturated rings.